The number of piperidine rings is 1. The van der Waals surface area contributed by atoms with E-state index in [0.29, 0.717) is 5.92 Å². The molecule has 0 bridgehead atoms. The van der Waals surface area contributed by atoms with Crippen LogP contribution in [0.1, 0.15) is 57.1 Å². The molecule has 2 fully saturated rings. The summed E-state index contributed by atoms with van der Waals surface area (Å²) in [5, 5.41) is 8.20. The van der Waals surface area contributed by atoms with Gasteiger partial charge in [-0.1, -0.05) is 25.0 Å². The van der Waals surface area contributed by atoms with Crippen molar-refractivity contribution in [3.05, 3.63) is 29.8 Å². The Hall–Kier alpha value is -1.64. The number of nitrogens with two attached hydrogens (primary N) is 1. The summed E-state index contributed by atoms with van der Waals surface area (Å²) in [7, 11) is -3.76. The van der Waals surface area contributed by atoms with Crippen LogP contribution in [0.3, 0.4) is 0 Å². The molecule has 2 saturated heterocycles. The van der Waals surface area contributed by atoms with Crippen molar-refractivity contribution in [2.45, 2.75) is 56.4 Å². The lowest BCUT2D eigenvalue weighted by atomic mass is 9.96. The number of hydrogen-bond acceptors (Lipinski definition) is 4. The van der Waals surface area contributed by atoms with Gasteiger partial charge in [-0.25, -0.2) is 18.4 Å². The molecule has 0 aromatic heterocycles. The molecular weight excluding hydrogens is 388 g/mol. The van der Waals surface area contributed by atoms with Gasteiger partial charge in [-0.2, -0.15) is 0 Å². The summed E-state index contributed by atoms with van der Waals surface area (Å²) >= 11 is 0. The highest BCUT2D eigenvalue weighted by Crippen LogP contribution is 2.22. The maximum absolute atomic E-state index is 12.7. The molecule has 162 valence electrons. The van der Waals surface area contributed by atoms with Gasteiger partial charge in [0, 0.05) is 19.6 Å². The zero-order valence-corrected chi connectivity index (χ0v) is 18.2. The first-order valence-corrected chi connectivity index (χ1v) is 12.3. The van der Waals surface area contributed by atoms with Gasteiger partial charge in [0.05, 0.1) is 10.9 Å². The van der Waals surface area contributed by atoms with Crippen LogP contribution in [0.15, 0.2) is 29.2 Å². The monoisotopic (exact) mass is 422 g/mol. The zero-order chi connectivity index (χ0) is 20.9. The molecule has 1 aromatic carbocycles. The summed E-state index contributed by atoms with van der Waals surface area (Å²) in [6.07, 6.45) is 7.41. The number of nitrogens with one attached hydrogen (secondary N) is 1. The fourth-order valence-electron chi connectivity index (χ4n) is 4.32. The maximum Gasteiger partial charge on any atom is 0.317 e. The molecule has 3 rings (SSSR count). The molecule has 8 heteroatoms. The number of carbonyl (C=O) groups excluding carboxylic acids is 1. The molecule has 7 nitrogen and oxygen atoms in total. The summed E-state index contributed by atoms with van der Waals surface area (Å²) in [5.74, 6) is 0.668. The van der Waals surface area contributed by atoms with Crippen LogP contribution >= 0.6 is 0 Å². The largest absolute Gasteiger partial charge is 0.331 e. The Morgan fingerprint density at radius 1 is 1.14 bits per heavy atom. The van der Waals surface area contributed by atoms with E-state index in [4.69, 9.17) is 5.14 Å². The van der Waals surface area contributed by atoms with E-state index in [-0.39, 0.29) is 17.0 Å². The number of benzene rings is 1. The van der Waals surface area contributed by atoms with Crippen LogP contribution in [0.5, 0.6) is 0 Å². The van der Waals surface area contributed by atoms with Crippen molar-refractivity contribution < 1.29 is 13.2 Å². The van der Waals surface area contributed by atoms with Crippen molar-refractivity contribution in [2.75, 3.05) is 32.7 Å². The Labute approximate surface area is 174 Å². The van der Waals surface area contributed by atoms with Gasteiger partial charge in [0.1, 0.15) is 0 Å². The second-order valence-electron chi connectivity index (χ2n) is 8.43. The van der Waals surface area contributed by atoms with Crippen LogP contribution in [0.2, 0.25) is 0 Å². The van der Waals surface area contributed by atoms with Crippen LogP contribution < -0.4 is 10.5 Å². The van der Waals surface area contributed by atoms with Crippen LogP contribution in [0.25, 0.3) is 0 Å². The average molecular weight is 423 g/mol. The van der Waals surface area contributed by atoms with E-state index in [9.17, 15) is 13.2 Å². The molecule has 0 radical (unpaired) electrons. The molecule has 1 atom stereocenters. The van der Waals surface area contributed by atoms with Gasteiger partial charge in [-0.3, -0.25) is 0 Å². The number of amides is 2. The maximum atomic E-state index is 12.7. The van der Waals surface area contributed by atoms with Gasteiger partial charge in [-0.05, 0) is 69.3 Å². The third kappa shape index (κ3) is 6.42. The van der Waals surface area contributed by atoms with Gasteiger partial charge in [0.2, 0.25) is 10.0 Å². The fraction of sp³-hybridized carbons (Fsp3) is 0.667. The molecule has 0 saturated carbocycles. The lowest BCUT2D eigenvalue weighted by Crippen LogP contribution is -2.46. The van der Waals surface area contributed by atoms with Crippen LogP contribution in [-0.2, 0) is 10.0 Å². The summed E-state index contributed by atoms with van der Waals surface area (Å²) < 4.78 is 23.1. The molecular formula is C21H34N4O3S. The van der Waals surface area contributed by atoms with Crippen molar-refractivity contribution in [1.82, 2.24) is 15.1 Å². The minimum atomic E-state index is -3.76. The number of urea groups is 1. The highest BCUT2D eigenvalue weighted by molar-refractivity contribution is 7.89. The van der Waals surface area contributed by atoms with E-state index in [1.54, 1.807) is 12.1 Å². The molecule has 3 N–H and O–H groups in total. The first kappa shape index (κ1) is 22.1. The first-order chi connectivity index (χ1) is 13.8. The third-order valence-corrected chi connectivity index (χ3v) is 7.05. The number of hydrogen-bond donors (Lipinski definition) is 2. The van der Waals surface area contributed by atoms with Gasteiger partial charge in [0.25, 0.3) is 0 Å². The molecule has 1 unspecified atom stereocenters. The number of likely N-dealkylation sites (tertiary alicyclic amines) is 2. The van der Waals surface area contributed by atoms with Crippen molar-refractivity contribution in [3.8, 4) is 0 Å². The van der Waals surface area contributed by atoms with Gasteiger partial charge in [-0.15, -0.1) is 0 Å². The topological polar surface area (TPSA) is 95.7 Å². The summed E-state index contributed by atoms with van der Waals surface area (Å²) in [4.78, 5) is 17.2. The third-order valence-electron chi connectivity index (χ3n) is 6.14. The fourth-order valence-corrected chi connectivity index (χ4v) is 4.89. The van der Waals surface area contributed by atoms with E-state index >= 15 is 0 Å². The molecule has 2 aliphatic rings. The van der Waals surface area contributed by atoms with Crippen molar-refractivity contribution >= 4 is 16.1 Å². The molecule has 29 heavy (non-hydrogen) atoms. The molecule has 2 amide bonds. The predicted octanol–water partition coefficient (Wildman–Crippen LogP) is 2.69. The molecule has 2 heterocycles. The lowest BCUT2D eigenvalue weighted by Gasteiger charge is -2.35. The first-order valence-electron chi connectivity index (χ1n) is 10.7. The molecule has 0 aliphatic carbocycles. The Morgan fingerprint density at radius 3 is 2.41 bits per heavy atom. The van der Waals surface area contributed by atoms with E-state index in [2.05, 4.69) is 10.2 Å². The lowest BCUT2D eigenvalue weighted by molar-refractivity contribution is 0.146. The van der Waals surface area contributed by atoms with Gasteiger partial charge >= 0.3 is 6.03 Å². The number of carbonyl (C=O) groups is 1. The smallest absolute Gasteiger partial charge is 0.317 e. The SMILES string of the molecule is CC(NC(=O)N1CCC(CN2CCCCCC2)CC1)c1cccc(S(N)(=O)=O)c1. The quantitative estimate of drug-likeness (QED) is 0.763. The van der Waals surface area contributed by atoms with Crippen molar-refractivity contribution in [1.29, 1.82) is 0 Å². The van der Waals surface area contributed by atoms with Gasteiger partial charge in [0.15, 0.2) is 0 Å². The van der Waals surface area contributed by atoms with E-state index in [1.807, 2.05) is 11.8 Å². The Morgan fingerprint density at radius 2 is 1.79 bits per heavy atom. The van der Waals surface area contributed by atoms with Crippen LogP contribution in [-0.4, -0.2) is 57.0 Å². The number of rotatable bonds is 5. The van der Waals surface area contributed by atoms with Gasteiger partial charge < -0.3 is 15.1 Å². The number of primary sulfonamides is 1. The second-order valence-corrected chi connectivity index (χ2v) is 10.00. The summed E-state index contributed by atoms with van der Waals surface area (Å²) in [6, 6.07) is 6.04. The summed E-state index contributed by atoms with van der Waals surface area (Å²) in [6.45, 7) is 6.99. The minimum Gasteiger partial charge on any atom is -0.331 e. The summed E-state index contributed by atoms with van der Waals surface area (Å²) in [5.41, 5.74) is 0.723. The number of sulfonamides is 1. The minimum absolute atomic E-state index is 0.0606. The molecule has 2 aliphatic heterocycles. The Kier molecular flexibility index (Phi) is 7.54. The molecule has 1 aromatic rings. The highest BCUT2D eigenvalue weighted by Gasteiger charge is 2.25. The van der Waals surface area contributed by atoms with E-state index < -0.39 is 10.0 Å². The second kappa shape index (κ2) is 9.91. The predicted molar refractivity (Wildman–Crippen MR) is 114 cm³/mol. The standard InChI is InChI=1S/C21H34N4O3S/c1-17(19-7-6-8-20(15-19)29(22,27)28)23-21(26)25-13-9-18(10-14-25)16-24-11-4-2-3-5-12-24/h6-8,15,17-18H,2-5,9-14,16H2,1H3,(H,23,26)(H2,22,27,28). The van der Waals surface area contributed by atoms with Crippen molar-refractivity contribution in [3.63, 3.8) is 0 Å². The van der Waals surface area contributed by atoms with Crippen LogP contribution in [0.4, 0.5) is 4.79 Å². The molecule has 0 spiro atoms. The Bertz CT molecular complexity index is 783. The Balaban J connectivity index is 1.48. The normalized spacial score (nSPS) is 20.8. The van der Waals surface area contributed by atoms with E-state index in [1.165, 1.54) is 50.9 Å². The van der Waals surface area contributed by atoms with Crippen LogP contribution in [0, 0.1) is 5.92 Å². The average Bonchev–Trinajstić information content (AvgIpc) is 2.96. The highest BCUT2D eigenvalue weighted by atomic mass is 32.2. The van der Waals surface area contributed by atoms with Crippen molar-refractivity contribution in [2.24, 2.45) is 11.1 Å². The zero-order valence-electron chi connectivity index (χ0n) is 17.3. The van der Waals surface area contributed by atoms with E-state index in [0.717, 1.165) is 38.0 Å². The number of nitrogens with zero attached hydrogens (tertiary/aromatic N) is 2.